The number of carbonyl (C=O) groups is 2. The molecule has 0 aromatic heterocycles. The smallest absolute Gasteiger partial charge is 0.407 e. The zero-order chi connectivity index (χ0) is 21.9. The summed E-state index contributed by atoms with van der Waals surface area (Å²) in [6.07, 6.45) is 2.50. The summed E-state index contributed by atoms with van der Waals surface area (Å²) in [4.78, 5) is 31.5. The number of piperidine rings is 1. The Kier molecular flexibility index (Phi) is 6.91. The van der Waals surface area contributed by atoms with Crippen molar-refractivity contribution in [2.75, 3.05) is 45.2 Å². The molecule has 1 aromatic rings. The third-order valence-electron chi connectivity index (χ3n) is 5.82. The number of likely N-dealkylation sites (N-methyl/N-ethyl adjacent to an activating group) is 1. The highest BCUT2D eigenvalue weighted by atomic mass is 16.6. The minimum Gasteiger partial charge on any atom is -0.444 e. The first-order valence-electron chi connectivity index (χ1n) is 10.9. The second-order valence-electron chi connectivity index (χ2n) is 9.68. The van der Waals surface area contributed by atoms with Crippen LogP contribution in [0, 0.1) is 5.92 Å². The molecule has 0 unspecified atom stereocenters. The van der Waals surface area contributed by atoms with E-state index in [-0.39, 0.29) is 11.9 Å². The number of ether oxygens (including phenoxy) is 1. The summed E-state index contributed by atoms with van der Waals surface area (Å²) < 4.78 is 5.33. The summed E-state index contributed by atoms with van der Waals surface area (Å²) in [6.45, 7) is 8.18. The van der Waals surface area contributed by atoms with E-state index in [0.717, 1.165) is 31.5 Å². The molecule has 0 saturated carbocycles. The van der Waals surface area contributed by atoms with Crippen LogP contribution in [-0.4, -0.2) is 73.8 Å². The van der Waals surface area contributed by atoms with Gasteiger partial charge >= 0.3 is 12.1 Å². The number of fused-ring (bicyclic) bond motifs is 1. The summed E-state index contributed by atoms with van der Waals surface area (Å²) >= 11 is 0. The van der Waals surface area contributed by atoms with Gasteiger partial charge in [-0.2, -0.15) is 0 Å². The van der Waals surface area contributed by atoms with Crippen LogP contribution in [0.25, 0.3) is 0 Å². The maximum absolute atomic E-state index is 13.5. The van der Waals surface area contributed by atoms with E-state index in [1.165, 1.54) is 5.56 Å². The molecule has 1 N–H and O–H groups in total. The van der Waals surface area contributed by atoms with E-state index in [0.29, 0.717) is 25.7 Å². The molecule has 2 atom stereocenters. The van der Waals surface area contributed by atoms with Crippen LogP contribution >= 0.6 is 0 Å². The van der Waals surface area contributed by atoms with Crippen molar-refractivity contribution in [3.8, 4) is 0 Å². The summed E-state index contributed by atoms with van der Waals surface area (Å²) in [5.74, 6) is 0.236. The monoisotopic (exact) mass is 416 g/mol. The van der Waals surface area contributed by atoms with E-state index in [1.807, 2.05) is 48.8 Å². The van der Waals surface area contributed by atoms with Gasteiger partial charge in [0.05, 0.1) is 0 Å². The van der Waals surface area contributed by atoms with Gasteiger partial charge in [-0.15, -0.1) is 0 Å². The lowest BCUT2D eigenvalue weighted by Crippen LogP contribution is -2.54. The molecule has 1 saturated heterocycles. The Balaban J connectivity index is 1.64. The largest absolute Gasteiger partial charge is 0.444 e. The first kappa shape index (κ1) is 22.4. The molecule has 0 aliphatic carbocycles. The van der Waals surface area contributed by atoms with Crippen molar-refractivity contribution >= 4 is 17.8 Å². The molecule has 7 nitrogen and oxygen atoms in total. The van der Waals surface area contributed by atoms with Crippen LogP contribution in [0.1, 0.15) is 39.2 Å². The van der Waals surface area contributed by atoms with Gasteiger partial charge in [-0.3, -0.25) is 4.90 Å². The fourth-order valence-electron chi connectivity index (χ4n) is 4.22. The number of hydrogen-bond acceptors (Lipinski definition) is 4. The van der Waals surface area contributed by atoms with Gasteiger partial charge in [-0.05, 0) is 71.7 Å². The number of nitrogens with zero attached hydrogens (tertiary/aromatic N) is 3. The van der Waals surface area contributed by atoms with Gasteiger partial charge in [-0.25, -0.2) is 9.59 Å². The number of amides is 3. The van der Waals surface area contributed by atoms with Gasteiger partial charge in [0.15, 0.2) is 0 Å². The topological polar surface area (TPSA) is 65.1 Å². The average Bonchev–Trinajstić information content (AvgIpc) is 2.70. The number of para-hydroxylation sites is 1. The van der Waals surface area contributed by atoms with Crippen molar-refractivity contribution in [2.45, 2.75) is 51.7 Å². The Morgan fingerprint density at radius 1 is 1.20 bits per heavy atom. The molecule has 3 rings (SSSR count). The Hall–Kier alpha value is -2.28. The fourth-order valence-corrected chi connectivity index (χ4v) is 4.22. The molecule has 1 aromatic carbocycles. The van der Waals surface area contributed by atoms with Crippen molar-refractivity contribution in [1.82, 2.24) is 15.1 Å². The zero-order valence-electron chi connectivity index (χ0n) is 19.0. The zero-order valence-corrected chi connectivity index (χ0v) is 19.0. The Bertz CT molecular complexity index is 759. The molecule has 0 bridgehead atoms. The summed E-state index contributed by atoms with van der Waals surface area (Å²) in [5.41, 5.74) is 1.73. The molecule has 2 aliphatic heterocycles. The predicted molar refractivity (Wildman–Crippen MR) is 119 cm³/mol. The van der Waals surface area contributed by atoms with Crippen molar-refractivity contribution in [3.63, 3.8) is 0 Å². The molecule has 30 heavy (non-hydrogen) atoms. The van der Waals surface area contributed by atoms with E-state index in [2.05, 4.69) is 30.4 Å². The molecule has 2 heterocycles. The van der Waals surface area contributed by atoms with Crippen LogP contribution in [0.15, 0.2) is 24.3 Å². The minimum absolute atomic E-state index is 0.0657. The molecule has 0 radical (unpaired) electrons. The van der Waals surface area contributed by atoms with Crippen LogP contribution in [0.4, 0.5) is 15.3 Å². The third-order valence-corrected chi connectivity index (χ3v) is 5.82. The lowest BCUT2D eigenvalue weighted by molar-refractivity contribution is 0.0511. The molecule has 0 spiro atoms. The molecule has 2 aliphatic rings. The van der Waals surface area contributed by atoms with Crippen LogP contribution in [0.2, 0.25) is 0 Å². The van der Waals surface area contributed by atoms with Crippen LogP contribution in [-0.2, 0) is 11.2 Å². The fraction of sp³-hybridized carbons (Fsp3) is 0.652. The maximum atomic E-state index is 13.5. The highest BCUT2D eigenvalue weighted by Crippen LogP contribution is 2.30. The lowest BCUT2D eigenvalue weighted by Gasteiger charge is -2.41. The van der Waals surface area contributed by atoms with Gasteiger partial charge in [-0.1, -0.05) is 18.2 Å². The van der Waals surface area contributed by atoms with Crippen molar-refractivity contribution in [2.24, 2.45) is 5.92 Å². The Morgan fingerprint density at radius 2 is 1.93 bits per heavy atom. The molecular formula is C23H36N4O3. The molecule has 1 fully saturated rings. The summed E-state index contributed by atoms with van der Waals surface area (Å²) in [7, 11) is 4.14. The molecule has 3 amide bonds. The highest BCUT2D eigenvalue weighted by Gasteiger charge is 2.34. The van der Waals surface area contributed by atoms with Crippen molar-refractivity contribution < 1.29 is 14.3 Å². The number of nitrogens with one attached hydrogen (secondary N) is 1. The minimum atomic E-state index is -0.511. The van der Waals surface area contributed by atoms with Crippen molar-refractivity contribution in [3.05, 3.63) is 29.8 Å². The third kappa shape index (κ3) is 5.65. The van der Waals surface area contributed by atoms with Gasteiger partial charge in [0.25, 0.3) is 0 Å². The lowest BCUT2D eigenvalue weighted by atomic mass is 9.96. The number of anilines is 1. The van der Waals surface area contributed by atoms with E-state index in [4.69, 9.17) is 4.74 Å². The standard InChI is InChI=1S/C23H36N4O3/c1-23(2,3)30-21(28)24-14-17-9-8-12-26(15-17)22(29)27-16-19(25(4)5)13-18-10-6-7-11-20(18)27/h6-7,10-11,17,19H,8-9,12-16H2,1-5H3,(H,24,28)/t17-,19+/m0/s1. The number of hydrogen-bond donors (Lipinski definition) is 1. The number of urea groups is 1. The molecule has 166 valence electrons. The van der Waals surface area contributed by atoms with Crippen molar-refractivity contribution in [1.29, 1.82) is 0 Å². The Morgan fingerprint density at radius 3 is 2.63 bits per heavy atom. The van der Waals surface area contributed by atoms with Gasteiger partial charge < -0.3 is 19.9 Å². The quantitative estimate of drug-likeness (QED) is 0.821. The highest BCUT2D eigenvalue weighted by molar-refractivity contribution is 5.93. The SMILES string of the molecule is CN(C)[C@@H]1Cc2ccccc2N(C(=O)N2CCC[C@@H](CNC(=O)OC(C)(C)C)C2)C1. The number of likely N-dealkylation sites (tertiary alicyclic amines) is 1. The van der Waals surface area contributed by atoms with Gasteiger partial charge in [0.2, 0.25) is 0 Å². The predicted octanol–water partition coefficient (Wildman–Crippen LogP) is 3.34. The normalized spacial score (nSPS) is 21.9. The summed E-state index contributed by atoms with van der Waals surface area (Å²) in [5, 5.41) is 2.87. The molecule has 7 heteroatoms. The second kappa shape index (κ2) is 9.25. The number of alkyl carbamates (subject to hydrolysis) is 1. The summed E-state index contributed by atoms with van der Waals surface area (Å²) in [6, 6.07) is 8.58. The molecular weight excluding hydrogens is 380 g/mol. The van der Waals surface area contributed by atoms with E-state index < -0.39 is 11.7 Å². The van der Waals surface area contributed by atoms with E-state index in [1.54, 1.807) is 0 Å². The van der Waals surface area contributed by atoms with Gasteiger partial charge in [0, 0.05) is 37.9 Å². The van der Waals surface area contributed by atoms with Crippen LogP contribution in [0.5, 0.6) is 0 Å². The van der Waals surface area contributed by atoms with Crippen LogP contribution < -0.4 is 10.2 Å². The number of rotatable bonds is 3. The van der Waals surface area contributed by atoms with E-state index in [9.17, 15) is 9.59 Å². The number of benzene rings is 1. The second-order valence-corrected chi connectivity index (χ2v) is 9.68. The maximum Gasteiger partial charge on any atom is 0.407 e. The first-order valence-corrected chi connectivity index (χ1v) is 10.9. The number of carbonyl (C=O) groups excluding carboxylic acids is 2. The average molecular weight is 417 g/mol. The first-order chi connectivity index (χ1) is 14.1. The van der Waals surface area contributed by atoms with Crippen LogP contribution in [0.3, 0.4) is 0 Å². The van der Waals surface area contributed by atoms with Gasteiger partial charge in [0.1, 0.15) is 5.60 Å². The Labute approximate surface area is 180 Å². The van der Waals surface area contributed by atoms with E-state index >= 15 is 0 Å².